The quantitative estimate of drug-likeness (QED) is 0.342. The van der Waals surface area contributed by atoms with E-state index in [2.05, 4.69) is 5.73 Å². The van der Waals surface area contributed by atoms with Crippen molar-refractivity contribution in [2.45, 2.75) is 0 Å². The molecule has 1 amide bonds. The number of quaternary nitrogens is 1. The number of carbonyl (C=O) groups is 2. The molecule has 0 aromatic carbocycles. The summed E-state index contributed by atoms with van der Waals surface area (Å²) in [5.41, 5.74) is 4.20. The van der Waals surface area contributed by atoms with E-state index in [1.54, 1.807) is 0 Å². The first-order valence-corrected chi connectivity index (χ1v) is 1.17. The van der Waals surface area contributed by atoms with E-state index in [0.29, 0.717) is 0 Å². The van der Waals surface area contributed by atoms with Crippen LogP contribution in [0, 0.1) is 0 Å². The summed E-state index contributed by atoms with van der Waals surface area (Å²) < 4.78 is 0. The minimum absolute atomic E-state index is 0. The lowest BCUT2D eigenvalue weighted by atomic mass is 10.7. The molecule has 0 saturated carbocycles. The first-order valence-electron chi connectivity index (χ1n) is 1.17. The van der Waals surface area contributed by atoms with Crippen LogP contribution < -0.4 is 11.9 Å². The van der Waals surface area contributed by atoms with Gasteiger partial charge in [-0.3, -0.25) is 4.79 Å². The van der Waals surface area contributed by atoms with E-state index in [0.717, 1.165) is 0 Å². The second-order valence-electron chi connectivity index (χ2n) is 0.669. The van der Waals surface area contributed by atoms with Gasteiger partial charge in [0.15, 0.2) is 0 Å². The van der Waals surface area contributed by atoms with Gasteiger partial charge in [-0.1, -0.05) is 0 Å². The normalized spacial score (nSPS) is 6.29. The summed E-state index contributed by atoms with van der Waals surface area (Å²) in [6.45, 7) is 0. The molecular weight excluding hydrogens is 100 g/mol. The second-order valence-corrected chi connectivity index (χ2v) is 0.669. The van der Waals surface area contributed by atoms with E-state index in [4.69, 9.17) is 5.11 Å². The number of carboxylic acids is 1. The molecule has 0 saturated heterocycles. The molecule has 0 radical (unpaired) electrons. The van der Waals surface area contributed by atoms with Crippen molar-refractivity contribution in [3.8, 4) is 0 Å². The lowest BCUT2D eigenvalue weighted by molar-refractivity contribution is -0.148. The van der Waals surface area contributed by atoms with Crippen LogP contribution in [-0.4, -0.2) is 17.0 Å². The highest BCUT2D eigenvalue weighted by Gasteiger charge is 2.00. The summed E-state index contributed by atoms with van der Waals surface area (Å²) in [5.74, 6) is -2.93. The molecule has 0 fully saturated rings. The molecule has 0 aliphatic rings. The zero-order valence-electron chi connectivity index (χ0n) is 3.84. The zero-order valence-corrected chi connectivity index (χ0v) is 3.84. The molecule has 7 heavy (non-hydrogen) atoms. The van der Waals surface area contributed by atoms with Crippen LogP contribution in [-0.2, 0) is 9.59 Å². The molecule has 0 heterocycles. The minimum Gasteiger partial charge on any atom is -0.474 e. The van der Waals surface area contributed by atoms with Gasteiger partial charge in [0.1, 0.15) is 0 Å². The van der Waals surface area contributed by atoms with Crippen LogP contribution in [0.15, 0.2) is 0 Å². The van der Waals surface area contributed by atoms with Crippen molar-refractivity contribution < 1.29 is 14.7 Å². The number of aliphatic carboxylic acids is 1. The third kappa shape index (κ3) is 4.90. The van der Waals surface area contributed by atoms with Crippen LogP contribution in [0.1, 0.15) is 0 Å². The van der Waals surface area contributed by atoms with Crippen molar-refractivity contribution >= 4 is 11.9 Å². The van der Waals surface area contributed by atoms with E-state index in [-0.39, 0.29) is 6.15 Å². The first-order chi connectivity index (χ1) is 2.64. The number of carbonyl (C=O) groups excluding carboxylic acids is 1. The summed E-state index contributed by atoms with van der Waals surface area (Å²) in [6.07, 6.45) is 0. The molecule has 7 N–H and O–H groups in total. The molecule has 0 unspecified atom stereocenters. The molecule has 0 bridgehead atoms. The molecule has 0 aromatic rings. The fourth-order valence-electron chi connectivity index (χ4n) is 0. The Kier molecular flexibility index (Phi) is 4.13. The molecule has 0 aliphatic carbocycles. The number of amides is 1. The lowest BCUT2D eigenvalue weighted by Crippen LogP contribution is -2.21. The molecule has 0 rings (SSSR count). The van der Waals surface area contributed by atoms with E-state index in [1.165, 1.54) is 0 Å². The van der Waals surface area contributed by atoms with Crippen molar-refractivity contribution in [1.82, 2.24) is 6.15 Å². The number of hydrogen-bond donors (Lipinski definition) is 3. The number of hydrogen-bond acceptors (Lipinski definition) is 2. The number of carboxylic acid groups (broad SMARTS) is 1. The monoisotopic (exact) mass is 107 g/mol. The minimum atomic E-state index is -1.60. The van der Waals surface area contributed by atoms with Gasteiger partial charge in [0, 0.05) is 0 Å². The van der Waals surface area contributed by atoms with Gasteiger partial charge >= 0.3 is 11.9 Å². The standard InChI is InChI=1S/C2H3NO3.H3N/c3-1(4)2(5)6;/h(H2,3,4)(H,5,6);1H3/p+1. The van der Waals surface area contributed by atoms with Gasteiger partial charge in [-0.2, -0.15) is 0 Å². The molecule has 0 spiro atoms. The second kappa shape index (κ2) is 3.10. The number of rotatable bonds is 0. The molecule has 0 aliphatic heterocycles. The maximum absolute atomic E-state index is 9.32. The SMILES string of the molecule is NC(=O)C(=O)O.[NH4+]. The van der Waals surface area contributed by atoms with Gasteiger partial charge in [-0.15, -0.1) is 0 Å². The maximum Gasteiger partial charge on any atom is 0.394 e. The van der Waals surface area contributed by atoms with Gasteiger partial charge in [0.05, 0.1) is 0 Å². The Morgan fingerprint density at radius 1 is 1.43 bits per heavy atom. The summed E-state index contributed by atoms with van der Waals surface area (Å²) in [5, 5.41) is 7.52. The molecule has 5 nitrogen and oxygen atoms in total. The lowest BCUT2D eigenvalue weighted by Gasteiger charge is -1.74. The van der Waals surface area contributed by atoms with Crippen LogP contribution in [0.25, 0.3) is 0 Å². The fraction of sp³-hybridized carbons (Fsp3) is 0. The largest absolute Gasteiger partial charge is 0.474 e. The van der Waals surface area contributed by atoms with Crippen LogP contribution in [0.5, 0.6) is 0 Å². The molecule has 5 heteroatoms. The van der Waals surface area contributed by atoms with Crippen molar-refractivity contribution in [2.75, 3.05) is 0 Å². The van der Waals surface area contributed by atoms with Gasteiger partial charge < -0.3 is 17.0 Å². The smallest absolute Gasteiger partial charge is 0.394 e. The highest BCUT2D eigenvalue weighted by atomic mass is 16.4. The third-order valence-electron chi connectivity index (χ3n) is 0.211. The Morgan fingerprint density at radius 3 is 1.57 bits per heavy atom. The number of primary amides is 1. The van der Waals surface area contributed by atoms with E-state index in [9.17, 15) is 9.59 Å². The van der Waals surface area contributed by atoms with Crippen molar-refractivity contribution in [3.63, 3.8) is 0 Å². The van der Waals surface area contributed by atoms with E-state index in [1.807, 2.05) is 0 Å². The van der Waals surface area contributed by atoms with Gasteiger partial charge in [0.2, 0.25) is 0 Å². The summed E-state index contributed by atoms with van der Waals surface area (Å²) in [7, 11) is 0. The average molecular weight is 107 g/mol. The fourth-order valence-corrected chi connectivity index (χ4v) is 0. The summed E-state index contributed by atoms with van der Waals surface area (Å²) in [4.78, 5) is 18.5. The average Bonchev–Trinajstić information content (AvgIpc) is 1.36. The van der Waals surface area contributed by atoms with Crippen LogP contribution >= 0.6 is 0 Å². The highest BCUT2D eigenvalue weighted by Crippen LogP contribution is 1.51. The third-order valence-corrected chi connectivity index (χ3v) is 0.211. The van der Waals surface area contributed by atoms with Crippen LogP contribution in [0.4, 0.5) is 0 Å². The van der Waals surface area contributed by atoms with Crippen LogP contribution in [0.2, 0.25) is 0 Å². The van der Waals surface area contributed by atoms with Crippen LogP contribution in [0.3, 0.4) is 0 Å². The zero-order chi connectivity index (χ0) is 5.15. The summed E-state index contributed by atoms with van der Waals surface area (Å²) >= 11 is 0. The Balaban J connectivity index is 0. The topological polar surface area (TPSA) is 117 Å². The van der Waals surface area contributed by atoms with Crippen molar-refractivity contribution in [2.24, 2.45) is 5.73 Å². The Labute approximate surface area is 39.7 Å². The molecule has 0 atom stereocenters. The Hall–Kier alpha value is -1.10. The molecule has 0 aromatic heterocycles. The van der Waals surface area contributed by atoms with Gasteiger partial charge in [-0.25, -0.2) is 4.79 Å². The van der Waals surface area contributed by atoms with E-state index < -0.39 is 11.9 Å². The van der Waals surface area contributed by atoms with Gasteiger partial charge in [-0.05, 0) is 0 Å². The van der Waals surface area contributed by atoms with E-state index >= 15 is 0 Å². The Bertz CT molecular complexity index is 76.9. The number of nitrogens with two attached hydrogens (primary N) is 1. The summed E-state index contributed by atoms with van der Waals surface area (Å²) in [6, 6.07) is 0. The maximum atomic E-state index is 9.32. The highest BCUT2D eigenvalue weighted by molar-refractivity contribution is 6.30. The molecular formula is C2H7N2O3+. The van der Waals surface area contributed by atoms with Gasteiger partial charge in [0.25, 0.3) is 0 Å². The van der Waals surface area contributed by atoms with Crippen molar-refractivity contribution in [3.05, 3.63) is 0 Å². The van der Waals surface area contributed by atoms with Crippen molar-refractivity contribution in [1.29, 1.82) is 0 Å². The first kappa shape index (κ1) is 9.31. The predicted molar refractivity (Wildman–Crippen MR) is 22.8 cm³/mol. The molecule has 42 valence electrons. The predicted octanol–water partition coefficient (Wildman–Crippen LogP) is -1.07. The Morgan fingerprint density at radius 2 is 1.57 bits per heavy atom.